The molecule has 0 atom stereocenters. The number of fused-ring (bicyclic) bond motifs is 40. The van der Waals surface area contributed by atoms with Gasteiger partial charge in [-0.2, -0.15) is 0 Å². The summed E-state index contributed by atoms with van der Waals surface area (Å²) in [5.41, 5.74) is 9.09. The Bertz CT molecular complexity index is 5690. The topological polar surface area (TPSA) is 332 Å². The predicted molar refractivity (Wildman–Crippen MR) is 328 cm³/mol. The van der Waals surface area contributed by atoms with Crippen LogP contribution < -0.4 is 0 Å². The normalized spacial score (nSPS) is 12.2. The van der Waals surface area contributed by atoms with Gasteiger partial charge in [0.25, 0.3) is 0 Å². The first-order valence-corrected chi connectivity index (χ1v) is 30.0. The van der Waals surface area contributed by atoms with E-state index in [-0.39, 0.29) is 39.1 Å². The van der Waals surface area contributed by atoms with Gasteiger partial charge in [0.2, 0.25) is 0 Å². The minimum absolute atomic E-state index is 0. The molecule has 0 unspecified atom stereocenters. The van der Waals surface area contributed by atoms with Crippen LogP contribution in [-0.2, 0) is 37.3 Å². The number of nitrogens with one attached hydrogen (secondary N) is 4. The van der Waals surface area contributed by atoms with Gasteiger partial charge in [-0.05, 0) is 12.1 Å². The van der Waals surface area contributed by atoms with E-state index in [0.717, 1.165) is 54.9 Å². The molecule has 4 N–H and O–H groups in total. The van der Waals surface area contributed by atoms with E-state index in [4.69, 9.17) is 59.8 Å². The van der Waals surface area contributed by atoms with Gasteiger partial charge in [-0.1, -0.05) is 170 Å². The molecule has 0 amide bonds. The Kier molecular flexibility index (Phi) is 11.9. The Balaban J connectivity index is 0.000000141. The average molecular weight is 1250 g/mol. The fourth-order valence-corrected chi connectivity index (χ4v) is 13.1. The molecule has 16 bridgehead atoms. The monoisotopic (exact) mass is 1250 g/mol. The SMILES string of the molecule is O=S(=O)([O-])c1cccc2c3nc4nc(nc5[nH]c(nc6nc(nc([nH]3)c12)-c1ccccc1-6)c1ccccc51)-c1ccccc1-4.O=S(=O)([O-])c1cccc2c3nc4nc(nc5[nH]c(nc6nc(nc([nH]3)c12)-c1ccccc1-6)c1ccccc51)-c1ccccc1-4.[Cu+2]. The second kappa shape index (κ2) is 19.9. The minimum Gasteiger partial charge on any atom is -0.744 e. The van der Waals surface area contributed by atoms with Gasteiger partial charge in [-0.15, -0.1) is 0 Å². The van der Waals surface area contributed by atoms with Gasteiger partial charge in [0, 0.05) is 87.6 Å². The van der Waals surface area contributed by atoms with Crippen LogP contribution in [0.3, 0.4) is 0 Å². The first-order chi connectivity index (χ1) is 42.8. The Morgan fingerprint density at radius 1 is 0.236 bits per heavy atom. The van der Waals surface area contributed by atoms with E-state index in [2.05, 4.69) is 19.9 Å². The van der Waals surface area contributed by atoms with Gasteiger partial charge < -0.3 is 29.0 Å². The van der Waals surface area contributed by atoms with Gasteiger partial charge in [0.15, 0.2) is 46.6 Å². The predicted octanol–water partition coefficient (Wildman–Crippen LogP) is 11.5. The molecule has 14 aromatic rings. The van der Waals surface area contributed by atoms with Crippen LogP contribution in [0, 0.1) is 0 Å². The molecule has 0 aliphatic carbocycles. The maximum absolute atomic E-state index is 12.4. The molecular weight excluding hydrogens is 1220 g/mol. The summed E-state index contributed by atoms with van der Waals surface area (Å²) in [4.78, 5) is 70.4. The Morgan fingerprint density at radius 2 is 0.427 bits per heavy atom. The van der Waals surface area contributed by atoms with Crippen molar-refractivity contribution in [2.24, 2.45) is 0 Å². The van der Waals surface area contributed by atoms with E-state index in [1.807, 2.05) is 146 Å². The molecule has 0 saturated heterocycles. The zero-order chi connectivity index (χ0) is 59.2. The van der Waals surface area contributed by atoms with Gasteiger partial charge in [0.05, 0.1) is 9.79 Å². The summed E-state index contributed by atoms with van der Waals surface area (Å²) in [6, 6.07) is 54.7. The molecule has 0 fully saturated rings. The number of aromatic nitrogens is 16. The van der Waals surface area contributed by atoms with Crippen molar-refractivity contribution in [1.29, 1.82) is 0 Å². The number of rotatable bonds is 2. The van der Waals surface area contributed by atoms with Gasteiger partial charge in [0.1, 0.15) is 65.4 Å². The Morgan fingerprint density at radius 3 is 0.663 bits per heavy atom. The third-order valence-corrected chi connectivity index (χ3v) is 17.4. The quantitative estimate of drug-likeness (QED) is 0.0922. The fraction of sp³-hybridized carbons (Fsp3) is 0. The van der Waals surface area contributed by atoms with E-state index < -0.39 is 30.0 Å². The number of benzene rings is 8. The standard InChI is InChI=1S/2C32H18N8O3S.Cu/c2*41-44(42,43)23-15-7-14-22-24(23)32-39-30-21-13-6-5-12-20(21)28(37-30)35-26-17-9-2-1-8-16(17)25(33-26)34-27-18-10-3-4-11-19(18)29(36-27)38-31(22)40-32;/h2*1-15H,(H,41,42,43)(H2,33,34,35,36,37,38,39,40);/q;;+2/p-2. The summed E-state index contributed by atoms with van der Waals surface area (Å²) in [5.74, 6) is 3.09. The van der Waals surface area contributed by atoms with Crippen LogP contribution in [0.4, 0.5) is 0 Å². The molecule has 6 aromatic heterocycles. The maximum atomic E-state index is 12.4. The van der Waals surface area contributed by atoms with Crippen molar-refractivity contribution in [3.63, 3.8) is 0 Å². The molecular formula is C64H34CuN16O6S2. The molecule has 10 heterocycles. The van der Waals surface area contributed by atoms with Crippen molar-refractivity contribution in [2.75, 3.05) is 0 Å². The van der Waals surface area contributed by atoms with Crippen LogP contribution in [0.1, 0.15) is 0 Å². The summed E-state index contributed by atoms with van der Waals surface area (Å²) in [7, 11) is -9.73. The smallest absolute Gasteiger partial charge is 0.744 e. The summed E-state index contributed by atoms with van der Waals surface area (Å²) in [6.45, 7) is 0. The van der Waals surface area contributed by atoms with Crippen molar-refractivity contribution < 1.29 is 43.0 Å². The average Bonchev–Trinajstić information content (AvgIpc) is 1.68. The summed E-state index contributed by atoms with van der Waals surface area (Å²) in [6.07, 6.45) is 0. The Hall–Kier alpha value is -11.2. The second-order valence-corrected chi connectivity index (χ2v) is 23.5. The summed E-state index contributed by atoms with van der Waals surface area (Å²) >= 11 is 0. The molecule has 8 aromatic carbocycles. The van der Waals surface area contributed by atoms with E-state index in [0.29, 0.717) is 102 Å². The largest absolute Gasteiger partial charge is 2.00 e. The van der Waals surface area contributed by atoms with E-state index in [1.54, 1.807) is 12.1 Å². The second-order valence-electron chi connectivity index (χ2n) is 20.8. The fourth-order valence-electron chi connectivity index (χ4n) is 11.7. The minimum atomic E-state index is -4.87. The van der Waals surface area contributed by atoms with Crippen LogP contribution in [0.5, 0.6) is 0 Å². The van der Waals surface area contributed by atoms with Crippen molar-refractivity contribution in [1.82, 2.24) is 79.7 Å². The van der Waals surface area contributed by atoms with Gasteiger partial charge >= 0.3 is 17.1 Å². The van der Waals surface area contributed by atoms with E-state index >= 15 is 0 Å². The summed E-state index contributed by atoms with van der Waals surface area (Å²) in [5, 5.41) is 4.49. The number of nitrogens with zero attached hydrogens (tertiary/aromatic N) is 12. The van der Waals surface area contributed by atoms with Gasteiger partial charge in [-0.3, -0.25) is 0 Å². The number of aromatic amines is 4. The maximum Gasteiger partial charge on any atom is 2.00 e. The number of hydrogen-bond donors (Lipinski definition) is 4. The molecule has 0 spiro atoms. The zero-order valence-electron chi connectivity index (χ0n) is 45.3. The molecule has 4 aliphatic rings. The van der Waals surface area contributed by atoms with Crippen LogP contribution in [-0.4, -0.2) is 106 Å². The third kappa shape index (κ3) is 8.66. The first-order valence-electron chi connectivity index (χ1n) is 27.2. The van der Waals surface area contributed by atoms with Crippen molar-refractivity contribution >= 4 is 109 Å². The van der Waals surface area contributed by atoms with Crippen molar-refractivity contribution in [3.8, 4) is 91.1 Å². The third-order valence-electron chi connectivity index (χ3n) is 15.6. The van der Waals surface area contributed by atoms with E-state index in [9.17, 15) is 25.9 Å². The molecule has 429 valence electrons. The molecule has 4 aliphatic heterocycles. The zero-order valence-corrected chi connectivity index (χ0v) is 47.8. The van der Waals surface area contributed by atoms with Crippen molar-refractivity contribution in [3.05, 3.63) is 182 Å². The molecule has 18 rings (SSSR count). The first kappa shape index (κ1) is 53.3. The van der Waals surface area contributed by atoms with E-state index in [1.165, 1.54) is 24.3 Å². The molecule has 1 radical (unpaired) electrons. The van der Waals surface area contributed by atoms with Crippen LogP contribution in [0.15, 0.2) is 192 Å². The molecule has 25 heteroatoms. The van der Waals surface area contributed by atoms with Crippen LogP contribution in [0.25, 0.3) is 179 Å². The molecule has 22 nitrogen and oxygen atoms in total. The van der Waals surface area contributed by atoms with Crippen molar-refractivity contribution in [2.45, 2.75) is 9.79 Å². The van der Waals surface area contributed by atoms with Crippen LogP contribution in [0.2, 0.25) is 0 Å². The molecule has 89 heavy (non-hydrogen) atoms. The van der Waals surface area contributed by atoms with Gasteiger partial charge in [-0.25, -0.2) is 76.6 Å². The summed E-state index contributed by atoms with van der Waals surface area (Å²) < 4.78 is 74.5. The number of H-pyrrole nitrogens is 4. The molecule has 0 saturated carbocycles. The number of hydrogen-bond acceptors (Lipinski definition) is 18. The Labute approximate surface area is 511 Å². The van der Waals surface area contributed by atoms with Crippen LogP contribution >= 0.6 is 0 Å².